The van der Waals surface area contributed by atoms with Gasteiger partial charge in [-0.15, -0.1) is 0 Å². The molecule has 2 rings (SSSR count). The van der Waals surface area contributed by atoms with Crippen LogP contribution in [0.2, 0.25) is 0 Å². The summed E-state index contributed by atoms with van der Waals surface area (Å²) in [4.78, 5) is 23.0. The molecular weight excluding hydrogens is 355 g/mol. The van der Waals surface area contributed by atoms with Crippen molar-refractivity contribution in [3.8, 4) is 5.75 Å². The van der Waals surface area contributed by atoms with Gasteiger partial charge in [0.25, 0.3) is 5.91 Å². The van der Waals surface area contributed by atoms with E-state index in [9.17, 15) is 22.8 Å². The minimum absolute atomic E-state index is 0.0877. The van der Waals surface area contributed by atoms with Crippen molar-refractivity contribution in [3.05, 3.63) is 53.0 Å². The van der Waals surface area contributed by atoms with E-state index in [1.54, 1.807) is 6.92 Å². The number of carbonyl (C=O) groups is 2. The minimum Gasteiger partial charge on any atom is -0.491 e. The van der Waals surface area contributed by atoms with E-state index in [0.717, 1.165) is 12.1 Å². The molecule has 0 fully saturated rings. The van der Waals surface area contributed by atoms with Gasteiger partial charge in [0.2, 0.25) is 0 Å². The molecule has 140 valence electrons. The monoisotopic (exact) mass is 371 g/mol. The van der Waals surface area contributed by atoms with E-state index in [1.807, 2.05) is 0 Å². The van der Waals surface area contributed by atoms with Gasteiger partial charge >= 0.3 is 12.1 Å². The summed E-state index contributed by atoms with van der Waals surface area (Å²) < 4.78 is 48.8. The highest BCUT2D eigenvalue weighted by Crippen LogP contribution is 2.35. The number of nitrogens with one attached hydrogen (secondary N) is 1. The number of hydrogen-bond donors (Lipinski definition) is 2. The molecule has 0 radical (unpaired) electrons. The molecule has 0 spiro atoms. The van der Waals surface area contributed by atoms with Crippen molar-refractivity contribution in [1.29, 1.82) is 0 Å². The lowest BCUT2D eigenvalue weighted by molar-refractivity contribution is -0.138. The van der Waals surface area contributed by atoms with E-state index in [4.69, 9.17) is 14.3 Å². The van der Waals surface area contributed by atoms with Crippen LogP contribution >= 0.6 is 0 Å². The van der Waals surface area contributed by atoms with E-state index in [0.29, 0.717) is 6.42 Å². The smallest absolute Gasteiger partial charge is 0.419 e. The Balaban J connectivity index is 1.93. The molecule has 1 aromatic heterocycles. The summed E-state index contributed by atoms with van der Waals surface area (Å²) >= 11 is 0. The molecular formula is C17H16F3NO5. The molecule has 0 atom stereocenters. The predicted molar refractivity (Wildman–Crippen MR) is 84.3 cm³/mol. The SMILES string of the molecule is CCc1oc(C(=O)NCCOc2ccccc2C(F)(F)F)cc1C(=O)O. The number of benzene rings is 1. The molecule has 0 aliphatic carbocycles. The van der Waals surface area contributed by atoms with Crippen LogP contribution in [0.15, 0.2) is 34.7 Å². The van der Waals surface area contributed by atoms with Crippen molar-refractivity contribution < 1.29 is 37.0 Å². The summed E-state index contributed by atoms with van der Waals surface area (Å²) in [6, 6.07) is 5.85. The van der Waals surface area contributed by atoms with Crippen LogP contribution in [0.5, 0.6) is 5.75 Å². The summed E-state index contributed by atoms with van der Waals surface area (Å²) in [6.45, 7) is 1.39. The van der Waals surface area contributed by atoms with Gasteiger partial charge < -0.3 is 19.6 Å². The van der Waals surface area contributed by atoms with Crippen molar-refractivity contribution >= 4 is 11.9 Å². The van der Waals surface area contributed by atoms with Crippen LogP contribution < -0.4 is 10.1 Å². The first-order chi connectivity index (χ1) is 12.2. The van der Waals surface area contributed by atoms with Crippen molar-refractivity contribution in [3.63, 3.8) is 0 Å². The maximum Gasteiger partial charge on any atom is 0.419 e. The highest BCUT2D eigenvalue weighted by atomic mass is 19.4. The molecule has 2 N–H and O–H groups in total. The summed E-state index contributed by atoms with van der Waals surface area (Å²) in [5, 5.41) is 11.4. The molecule has 6 nitrogen and oxygen atoms in total. The predicted octanol–water partition coefficient (Wildman–Crippen LogP) is 3.37. The summed E-state index contributed by atoms with van der Waals surface area (Å²) in [5.74, 6) is -2.25. The van der Waals surface area contributed by atoms with Gasteiger partial charge in [-0.2, -0.15) is 13.2 Å². The van der Waals surface area contributed by atoms with E-state index in [2.05, 4.69) is 5.32 Å². The molecule has 0 aliphatic rings. The van der Waals surface area contributed by atoms with Gasteiger partial charge in [0, 0.05) is 12.5 Å². The van der Waals surface area contributed by atoms with Crippen LogP contribution in [0.1, 0.15) is 39.2 Å². The van der Waals surface area contributed by atoms with E-state index in [1.165, 1.54) is 18.2 Å². The fourth-order valence-corrected chi connectivity index (χ4v) is 2.22. The second kappa shape index (κ2) is 7.94. The Kier molecular flexibility index (Phi) is 5.91. The Labute approximate surface area is 146 Å². The Hall–Kier alpha value is -2.97. The highest BCUT2D eigenvalue weighted by molar-refractivity contribution is 5.96. The fourth-order valence-electron chi connectivity index (χ4n) is 2.22. The lowest BCUT2D eigenvalue weighted by atomic mass is 10.2. The maximum atomic E-state index is 12.8. The summed E-state index contributed by atoms with van der Waals surface area (Å²) in [6.07, 6.45) is -4.25. The Morgan fingerprint density at radius 2 is 1.96 bits per heavy atom. The lowest BCUT2D eigenvalue weighted by Crippen LogP contribution is -2.28. The zero-order valence-electron chi connectivity index (χ0n) is 13.7. The molecule has 0 saturated carbocycles. The van der Waals surface area contributed by atoms with Gasteiger partial charge in [0.05, 0.1) is 12.1 Å². The number of carbonyl (C=O) groups excluding carboxylic acids is 1. The van der Waals surface area contributed by atoms with Crippen molar-refractivity contribution in [2.24, 2.45) is 0 Å². The zero-order chi connectivity index (χ0) is 19.3. The summed E-state index contributed by atoms with van der Waals surface area (Å²) in [7, 11) is 0. The van der Waals surface area contributed by atoms with Gasteiger partial charge in [-0.3, -0.25) is 4.79 Å². The fraction of sp³-hybridized carbons (Fsp3) is 0.294. The van der Waals surface area contributed by atoms with Crippen LogP contribution in [0.4, 0.5) is 13.2 Å². The third kappa shape index (κ3) is 4.56. The van der Waals surface area contributed by atoms with Crippen molar-refractivity contribution in [2.45, 2.75) is 19.5 Å². The van der Waals surface area contributed by atoms with E-state index >= 15 is 0 Å². The molecule has 0 aliphatic heterocycles. The second-order valence-electron chi connectivity index (χ2n) is 5.20. The molecule has 0 unspecified atom stereocenters. The van der Waals surface area contributed by atoms with Crippen LogP contribution in [-0.4, -0.2) is 30.1 Å². The lowest BCUT2D eigenvalue weighted by Gasteiger charge is -2.13. The van der Waals surface area contributed by atoms with Gasteiger partial charge in [-0.25, -0.2) is 4.79 Å². The van der Waals surface area contributed by atoms with Gasteiger partial charge in [-0.05, 0) is 12.1 Å². The van der Waals surface area contributed by atoms with Crippen molar-refractivity contribution in [2.75, 3.05) is 13.2 Å². The first-order valence-electron chi connectivity index (χ1n) is 7.67. The van der Waals surface area contributed by atoms with Crippen molar-refractivity contribution in [1.82, 2.24) is 5.32 Å². The molecule has 2 aromatic rings. The number of aromatic carboxylic acids is 1. The molecule has 0 bridgehead atoms. The number of furan rings is 1. The zero-order valence-corrected chi connectivity index (χ0v) is 13.7. The quantitative estimate of drug-likeness (QED) is 0.729. The normalized spacial score (nSPS) is 11.2. The third-order valence-electron chi connectivity index (χ3n) is 3.42. The van der Waals surface area contributed by atoms with Crippen LogP contribution in [0.3, 0.4) is 0 Å². The number of ether oxygens (including phenoxy) is 1. The highest BCUT2D eigenvalue weighted by Gasteiger charge is 2.33. The molecule has 1 aromatic carbocycles. The number of carboxylic acids is 1. The number of para-hydroxylation sites is 1. The number of halogens is 3. The standard InChI is InChI=1S/C17H16F3NO5/c1-2-12-10(16(23)24)9-14(26-12)15(22)21-7-8-25-13-6-4-3-5-11(13)17(18,19)20/h3-6,9H,2,7-8H2,1H3,(H,21,22)(H,23,24). The topological polar surface area (TPSA) is 88.8 Å². The number of rotatable bonds is 7. The number of hydrogen-bond acceptors (Lipinski definition) is 4. The Morgan fingerprint density at radius 1 is 1.27 bits per heavy atom. The van der Waals surface area contributed by atoms with Gasteiger partial charge in [-0.1, -0.05) is 19.1 Å². The molecule has 1 amide bonds. The maximum absolute atomic E-state index is 12.8. The van der Waals surface area contributed by atoms with E-state index < -0.39 is 23.6 Å². The van der Waals surface area contributed by atoms with Crippen LogP contribution in [0.25, 0.3) is 0 Å². The first-order valence-corrected chi connectivity index (χ1v) is 7.67. The molecule has 1 heterocycles. The first kappa shape index (κ1) is 19.4. The minimum atomic E-state index is -4.54. The van der Waals surface area contributed by atoms with Gasteiger partial charge in [0.15, 0.2) is 5.76 Å². The number of aryl methyl sites for hydroxylation is 1. The number of amides is 1. The second-order valence-corrected chi connectivity index (χ2v) is 5.20. The average molecular weight is 371 g/mol. The number of carboxylic acid groups (broad SMARTS) is 1. The Morgan fingerprint density at radius 3 is 2.54 bits per heavy atom. The Bertz CT molecular complexity index is 798. The molecule has 0 saturated heterocycles. The van der Waals surface area contributed by atoms with Crippen LogP contribution in [-0.2, 0) is 12.6 Å². The largest absolute Gasteiger partial charge is 0.491 e. The number of alkyl halides is 3. The average Bonchev–Trinajstić information content (AvgIpc) is 3.03. The van der Waals surface area contributed by atoms with Crippen LogP contribution in [0, 0.1) is 0 Å². The third-order valence-corrected chi connectivity index (χ3v) is 3.42. The van der Waals surface area contributed by atoms with E-state index in [-0.39, 0.29) is 36.0 Å². The summed E-state index contributed by atoms with van der Waals surface area (Å²) in [5.41, 5.74) is -1.01. The molecule has 26 heavy (non-hydrogen) atoms. The molecule has 9 heteroatoms. The van der Waals surface area contributed by atoms with Gasteiger partial charge in [0.1, 0.15) is 23.7 Å².